The van der Waals surface area contributed by atoms with Gasteiger partial charge in [0.2, 0.25) is 10.0 Å². The standard InChI is InChI=1S/C17H20ClNO5S/c1-22-15-9-8-12(10-16(15)23-2)25(20,21)19-11-17(24-3)13-6-4-5-7-14(13)18/h4-10,17,19H,11H2,1-3H3. The molecule has 0 aliphatic rings. The molecule has 2 aromatic carbocycles. The van der Waals surface area contributed by atoms with Gasteiger partial charge in [-0.25, -0.2) is 13.1 Å². The molecule has 0 spiro atoms. The summed E-state index contributed by atoms with van der Waals surface area (Å²) >= 11 is 6.15. The van der Waals surface area contributed by atoms with Crippen LogP contribution in [-0.4, -0.2) is 36.3 Å². The Morgan fingerprint density at radius 2 is 1.72 bits per heavy atom. The minimum absolute atomic E-state index is 0.0386. The largest absolute Gasteiger partial charge is 0.493 e. The molecule has 2 aromatic rings. The average molecular weight is 386 g/mol. The maximum absolute atomic E-state index is 12.5. The third-order valence-corrected chi connectivity index (χ3v) is 5.43. The molecule has 8 heteroatoms. The van der Waals surface area contributed by atoms with E-state index in [4.69, 9.17) is 25.8 Å². The summed E-state index contributed by atoms with van der Waals surface area (Å²) in [5.74, 6) is 0.784. The second kappa shape index (κ2) is 8.53. The van der Waals surface area contributed by atoms with Gasteiger partial charge in [0.1, 0.15) is 0 Å². The van der Waals surface area contributed by atoms with Gasteiger partial charge in [0, 0.05) is 30.3 Å². The van der Waals surface area contributed by atoms with E-state index in [1.807, 2.05) is 6.07 Å². The van der Waals surface area contributed by atoms with E-state index < -0.39 is 16.1 Å². The average Bonchev–Trinajstić information content (AvgIpc) is 2.62. The highest BCUT2D eigenvalue weighted by atomic mass is 35.5. The van der Waals surface area contributed by atoms with Crippen LogP contribution < -0.4 is 14.2 Å². The van der Waals surface area contributed by atoms with E-state index in [0.717, 1.165) is 0 Å². The quantitative estimate of drug-likeness (QED) is 0.756. The lowest BCUT2D eigenvalue weighted by Gasteiger charge is -2.18. The molecule has 0 aliphatic carbocycles. The molecule has 1 N–H and O–H groups in total. The molecule has 136 valence electrons. The number of hydrogen-bond donors (Lipinski definition) is 1. The maximum atomic E-state index is 12.5. The summed E-state index contributed by atoms with van der Waals surface area (Å²) in [6, 6.07) is 11.5. The van der Waals surface area contributed by atoms with Gasteiger partial charge in [-0.15, -0.1) is 0 Å². The zero-order valence-electron chi connectivity index (χ0n) is 14.2. The van der Waals surface area contributed by atoms with Gasteiger partial charge in [-0.3, -0.25) is 0 Å². The highest BCUT2D eigenvalue weighted by Gasteiger charge is 2.21. The fraction of sp³-hybridized carbons (Fsp3) is 0.294. The Bertz CT molecular complexity index is 826. The van der Waals surface area contributed by atoms with Crippen LogP contribution in [0.2, 0.25) is 5.02 Å². The van der Waals surface area contributed by atoms with Gasteiger partial charge in [-0.2, -0.15) is 0 Å². The summed E-state index contributed by atoms with van der Waals surface area (Å²) in [7, 11) is 0.674. The zero-order valence-corrected chi connectivity index (χ0v) is 15.7. The number of hydrogen-bond acceptors (Lipinski definition) is 5. The first-order valence-corrected chi connectivity index (χ1v) is 9.28. The number of benzene rings is 2. The Labute approximate surface area is 152 Å². The van der Waals surface area contributed by atoms with E-state index in [9.17, 15) is 8.42 Å². The van der Waals surface area contributed by atoms with Gasteiger partial charge in [-0.1, -0.05) is 29.8 Å². The van der Waals surface area contributed by atoms with Crippen molar-refractivity contribution in [3.63, 3.8) is 0 Å². The number of sulfonamides is 1. The van der Waals surface area contributed by atoms with Crippen molar-refractivity contribution < 1.29 is 22.6 Å². The van der Waals surface area contributed by atoms with E-state index in [1.54, 1.807) is 18.2 Å². The SMILES string of the molecule is COc1ccc(S(=O)(=O)NCC(OC)c2ccccc2Cl)cc1OC. The Hall–Kier alpha value is -1.80. The predicted octanol–water partition coefficient (Wildman–Crippen LogP) is 3.02. The molecule has 1 unspecified atom stereocenters. The van der Waals surface area contributed by atoms with Gasteiger partial charge in [0.05, 0.1) is 25.2 Å². The van der Waals surface area contributed by atoms with Crippen LogP contribution in [0.25, 0.3) is 0 Å². The topological polar surface area (TPSA) is 73.9 Å². The van der Waals surface area contributed by atoms with E-state index in [1.165, 1.54) is 39.5 Å². The Morgan fingerprint density at radius 1 is 1.04 bits per heavy atom. The van der Waals surface area contributed by atoms with Crippen molar-refractivity contribution in [2.24, 2.45) is 0 Å². The number of nitrogens with one attached hydrogen (secondary N) is 1. The normalized spacial score (nSPS) is 12.6. The first-order chi connectivity index (χ1) is 11.9. The van der Waals surface area contributed by atoms with Gasteiger partial charge >= 0.3 is 0 Å². The van der Waals surface area contributed by atoms with E-state index in [2.05, 4.69) is 4.72 Å². The zero-order chi connectivity index (χ0) is 18.4. The fourth-order valence-electron chi connectivity index (χ4n) is 2.31. The summed E-state index contributed by atoms with van der Waals surface area (Å²) in [6.45, 7) is 0.0386. The van der Waals surface area contributed by atoms with Crippen molar-refractivity contribution in [1.82, 2.24) is 4.72 Å². The maximum Gasteiger partial charge on any atom is 0.240 e. The monoisotopic (exact) mass is 385 g/mol. The minimum Gasteiger partial charge on any atom is -0.493 e. The van der Waals surface area contributed by atoms with Crippen LogP contribution in [0.5, 0.6) is 11.5 Å². The summed E-state index contributed by atoms with van der Waals surface area (Å²) < 4.78 is 43.2. The summed E-state index contributed by atoms with van der Waals surface area (Å²) in [4.78, 5) is 0.0687. The van der Waals surface area contributed by atoms with Gasteiger partial charge in [0.25, 0.3) is 0 Å². The first-order valence-electron chi connectivity index (χ1n) is 7.42. The second-order valence-electron chi connectivity index (χ2n) is 5.11. The van der Waals surface area contributed by atoms with Crippen LogP contribution in [0.3, 0.4) is 0 Å². The lowest BCUT2D eigenvalue weighted by atomic mass is 10.1. The predicted molar refractivity (Wildman–Crippen MR) is 95.9 cm³/mol. The van der Waals surface area contributed by atoms with E-state index in [0.29, 0.717) is 22.1 Å². The molecule has 0 fully saturated rings. The minimum atomic E-state index is -3.75. The van der Waals surface area contributed by atoms with Crippen LogP contribution in [0.15, 0.2) is 47.4 Å². The molecule has 0 heterocycles. The highest BCUT2D eigenvalue weighted by Crippen LogP contribution is 2.30. The van der Waals surface area contributed by atoms with Crippen molar-refractivity contribution >= 4 is 21.6 Å². The molecule has 25 heavy (non-hydrogen) atoms. The molecule has 0 radical (unpaired) electrons. The molecular weight excluding hydrogens is 366 g/mol. The van der Waals surface area contributed by atoms with Gasteiger partial charge < -0.3 is 14.2 Å². The van der Waals surface area contributed by atoms with Crippen molar-refractivity contribution in [1.29, 1.82) is 0 Å². The molecule has 1 atom stereocenters. The number of methoxy groups -OCH3 is 3. The molecule has 0 aliphatic heterocycles. The molecule has 0 bridgehead atoms. The molecule has 0 saturated carbocycles. The van der Waals surface area contributed by atoms with Crippen LogP contribution in [0.1, 0.15) is 11.7 Å². The highest BCUT2D eigenvalue weighted by molar-refractivity contribution is 7.89. The summed E-state index contributed by atoms with van der Waals surface area (Å²) in [5.41, 5.74) is 0.710. The molecule has 0 aromatic heterocycles. The van der Waals surface area contributed by atoms with Gasteiger partial charge in [-0.05, 0) is 18.2 Å². The molecule has 6 nitrogen and oxygen atoms in total. The molecule has 0 saturated heterocycles. The molecule has 2 rings (SSSR count). The Balaban J connectivity index is 2.19. The third kappa shape index (κ3) is 4.64. The summed E-state index contributed by atoms with van der Waals surface area (Å²) in [5, 5.41) is 0.514. The van der Waals surface area contributed by atoms with Crippen molar-refractivity contribution in [3.8, 4) is 11.5 Å². The summed E-state index contributed by atoms with van der Waals surface area (Å²) in [6.07, 6.45) is -0.511. The number of halogens is 1. The first kappa shape index (κ1) is 19.5. The van der Waals surface area contributed by atoms with Crippen molar-refractivity contribution in [2.45, 2.75) is 11.0 Å². The van der Waals surface area contributed by atoms with Crippen LogP contribution in [0.4, 0.5) is 0 Å². The smallest absolute Gasteiger partial charge is 0.240 e. The lowest BCUT2D eigenvalue weighted by molar-refractivity contribution is 0.107. The third-order valence-electron chi connectivity index (χ3n) is 3.66. The van der Waals surface area contributed by atoms with Gasteiger partial charge in [0.15, 0.2) is 11.5 Å². The number of ether oxygens (including phenoxy) is 3. The molecule has 0 amide bonds. The second-order valence-corrected chi connectivity index (χ2v) is 7.29. The van der Waals surface area contributed by atoms with E-state index >= 15 is 0 Å². The van der Waals surface area contributed by atoms with E-state index in [-0.39, 0.29) is 11.4 Å². The van der Waals surface area contributed by atoms with Crippen LogP contribution in [-0.2, 0) is 14.8 Å². The number of rotatable bonds is 8. The fourth-order valence-corrected chi connectivity index (χ4v) is 3.61. The molecular formula is C17H20ClNO5S. The van der Waals surface area contributed by atoms with Crippen molar-refractivity contribution in [3.05, 3.63) is 53.1 Å². The van der Waals surface area contributed by atoms with Crippen molar-refractivity contribution in [2.75, 3.05) is 27.9 Å². The van der Waals surface area contributed by atoms with Crippen LogP contribution >= 0.6 is 11.6 Å². The Kier molecular flexibility index (Phi) is 6.66. The van der Waals surface area contributed by atoms with Crippen LogP contribution in [0, 0.1) is 0 Å². The Morgan fingerprint density at radius 3 is 2.32 bits per heavy atom. The lowest BCUT2D eigenvalue weighted by Crippen LogP contribution is -2.29.